The molecule has 2 rings (SSSR count). The molecule has 0 spiro atoms. The fraction of sp³-hybridized carbons (Fsp3) is 0.667. The van der Waals surface area contributed by atoms with Crippen molar-refractivity contribution < 1.29 is 23.8 Å². The summed E-state index contributed by atoms with van der Waals surface area (Å²) in [6, 6.07) is 0. The fourth-order valence-electron chi connectivity index (χ4n) is 3.53. The Labute approximate surface area is 143 Å². The SMILES string of the molecule is CCOC(=O)C1=C(C)NC(C)=C(C(=O)OCC)C1C1CCOCC1. The molecule has 24 heavy (non-hydrogen) atoms. The second-order valence-electron chi connectivity index (χ2n) is 6.07. The lowest BCUT2D eigenvalue weighted by Gasteiger charge is -2.36. The Balaban J connectivity index is 2.45. The van der Waals surface area contributed by atoms with Crippen molar-refractivity contribution in [3.63, 3.8) is 0 Å². The topological polar surface area (TPSA) is 73.9 Å². The summed E-state index contributed by atoms with van der Waals surface area (Å²) in [6.45, 7) is 9.13. The van der Waals surface area contributed by atoms with Crippen LogP contribution in [-0.4, -0.2) is 38.4 Å². The van der Waals surface area contributed by atoms with E-state index in [4.69, 9.17) is 14.2 Å². The van der Waals surface area contributed by atoms with Crippen molar-refractivity contribution in [1.82, 2.24) is 5.32 Å². The Morgan fingerprint density at radius 2 is 1.46 bits per heavy atom. The fourth-order valence-corrected chi connectivity index (χ4v) is 3.53. The summed E-state index contributed by atoms with van der Waals surface area (Å²) in [7, 11) is 0. The van der Waals surface area contributed by atoms with Crippen LogP contribution in [-0.2, 0) is 23.8 Å². The van der Waals surface area contributed by atoms with E-state index < -0.39 is 0 Å². The number of rotatable bonds is 5. The van der Waals surface area contributed by atoms with Crippen LogP contribution in [0.1, 0.15) is 40.5 Å². The van der Waals surface area contributed by atoms with Crippen molar-refractivity contribution in [2.75, 3.05) is 26.4 Å². The van der Waals surface area contributed by atoms with E-state index in [1.165, 1.54) is 0 Å². The molecule has 0 bridgehead atoms. The molecule has 0 aromatic heterocycles. The average molecular weight is 337 g/mol. The first-order valence-electron chi connectivity index (χ1n) is 8.61. The highest BCUT2D eigenvalue weighted by Crippen LogP contribution is 2.40. The number of hydrogen-bond acceptors (Lipinski definition) is 6. The van der Waals surface area contributed by atoms with E-state index in [9.17, 15) is 9.59 Å². The number of dihydropyridines is 1. The van der Waals surface area contributed by atoms with Gasteiger partial charge >= 0.3 is 11.9 Å². The lowest BCUT2D eigenvalue weighted by Crippen LogP contribution is -2.38. The van der Waals surface area contributed by atoms with Gasteiger partial charge in [0.25, 0.3) is 0 Å². The van der Waals surface area contributed by atoms with Crippen molar-refractivity contribution in [2.45, 2.75) is 40.5 Å². The van der Waals surface area contributed by atoms with Crippen LogP contribution >= 0.6 is 0 Å². The van der Waals surface area contributed by atoms with Gasteiger partial charge < -0.3 is 19.5 Å². The van der Waals surface area contributed by atoms with Gasteiger partial charge in [-0.1, -0.05) is 0 Å². The summed E-state index contributed by atoms with van der Waals surface area (Å²) in [5.74, 6) is -0.889. The highest BCUT2D eigenvalue weighted by Gasteiger charge is 2.41. The quantitative estimate of drug-likeness (QED) is 0.776. The van der Waals surface area contributed by atoms with E-state index in [-0.39, 0.29) is 23.8 Å². The molecule has 0 aromatic rings. The van der Waals surface area contributed by atoms with E-state index in [2.05, 4.69) is 5.32 Å². The number of ether oxygens (including phenoxy) is 3. The van der Waals surface area contributed by atoms with E-state index in [0.29, 0.717) is 37.6 Å². The van der Waals surface area contributed by atoms with Gasteiger partial charge in [-0.2, -0.15) is 0 Å². The van der Waals surface area contributed by atoms with Gasteiger partial charge in [0.2, 0.25) is 0 Å². The largest absolute Gasteiger partial charge is 0.463 e. The lowest BCUT2D eigenvalue weighted by molar-refractivity contribution is -0.140. The van der Waals surface area contributed by atoms with Crippen molar-refractivity contribution >= 4 is 11.9 Å². The highest BCUT2D eigenvalue weighted by atomic mass is 16.5. The zero-order chi connectivity index (χ0) is 17.7. The van der Waals surface area contributed by atoms with Gasteiger partial charge in [0.15, 0.2) is 0 Å². The predicted octanol–water partition coefficient (Wildman–Crippen LogP) is 2.31. The molecule has 6 nitrogen and oxygen atoms in total. The van der Waals surface area contributed by atoms with Crippen LogP contribution in [0.25, 0.3) is 0 Å². The average Bonchev–Trinajstić information content (AvgIpc) is 2.55. The molecule has 0 unspecified atom stereocenters. The Hall–Kier alpha value is -1.82. The molecule has 0 atom stereocenters. The minimum atomic E-state index is -0.367. The van der Waals surface area contributed by atoms with Crippen LogP contribution in [0.3, 0.4) is 0 Å². The highest BCUT2D eigenvalue weighted by molar-refractivity contribution is 5.97. The predicted molar refractivity (Wildman–Crippen MR) is 88.8 cm³/mol. The maximum absolute atomic E-state index is 12.6. The Kier molecular flexibility index (Phi) is 6.43. The zero-order valence-electron chi connectivity index (χ0n) is 14.9. The van der Waals surface area contributed by atoms with E-state index in [1.807, 2.05) is 13.8 Å². The van der Waals surface area contributed by atoms with Crippen LogP contribution in [0.2, 0.25) is 0 Å². The van der Waals surface area contributed by atoms with Crippen LogP contribution in [0.4, 0.5) is 0 Å². The van der Waals surface area contributed by atoms with Crippen molar-refractivity contribution in [3.05, 3.63) is 22.5 Å². The first-order chi connectivity index (χ1) is 11.5. The molecule has 0 radical (unpaired) electrons. The molecule has 2 heterocycles. The van der Waals surface area contributed by atoms with E-state index >= 15 is 0 Å². The molecular weight excluding hydrogens is 310 g/mol. The smallest absolute Gasteiger partial charge is 0.336 e. The number of carbonyl (C=O) groups excluding carboxylic acids is 2. The number of hydrogen-bond donors (Lipinski definition) is 1. The second kappa shape index (κ2) is 8.33. The Bertz CT molecular complexity index is 518. The van der Waals surface area contributed by atoms with Crippen molar-refractivity contribution in [3.8, 4) is 0 Å². The lowest BCUT2D eigenvalue weighted by atomic mass is 9.73. The Morgan fingerprint density at radius 1 is 1.00 bits per heavy atom. The third-order valence-electron chi connectivity index (χ3n) is 4.53. The summed E-state index contributed by atoms with van der Waals surface area (Å²) in [5, 5.41) is 3.15. The standard InChI is InChI=1S/C18H27NO5/c1-5-23-17(20)14-11(3)19-12(4)15(18(21)24-6-2)16(14)13-7-9-22-10-8-13/h13,16,19H,5-10H2,1-4H3. The van der Waals surface area contributed by atoms with Crippen LogP contribution in [0.5, 0.6) is 0 Å². The van der Waals surface area contributed by atoms with Gasteiger partial charge in [0, 0.05) is 30.5 Å². The van der Waals surface area contributed by atoms with Gasteiger partial charge in [0.1, 0.15) is 0 Å². The van der Waals surface area contributed by atoms with Crippen LogP contribution in [0.15, 0.2) is 22.5 Å². The summed E-state index contributed by atoms with van der Waals surface area (Å²) in [5.41, 5.74) is 2.57. The first kappa shape index (κ1) is 18.5. The number of allylic oxidation sites excluding steroid dienone is 2. The molecular formula is C18H27NO5. The molecule has 0 aromatic carbocycles. The van der Waals surface area contributed by atoms with Gasteiger partial charge in [-0.15, -0.1) is 0 Å². The molecule has 0 saturated carbocycles. The molecule has 1 fully saturated rings. The van der Waals surface area contributed by atoms with Crippen LogP contribution in [0, 0.1) is 11.8 Å². The number of carbonyl (C=O) groups is 2. The summed E-state index contributed by atoms with van der Waals surface area (Å²) < 4.78 is 16.0. The molecule has 2 aliphatic heterocycles. The van der Waals surface area contributed by atoms with Crippen molar-refractivity contribution in [2.24, 2.45) is 11.8 Å². The second-order valence-corrected chi connectivity index (χ2v) is 6.07. The molecule has 1 N–H and O–H groups in total. The first-order valence-corrected chi connectivity index (χ1v) is 8.61. The monoisotopic (exact) mass is 337 g/mol. The maximum atomic E-state index is 12.6. The minimum absolute atomic E-state index is 0.157. The molecule has 134 valence electrons. The van der Waals surface area contributed by atoms with E-state index in [1.54, 1.807) is 13.8 Å². The van der Waals surface area contributed by atoms with Gasteiger partial charge in [0.05, 0.1) is 24.4 Å². The summed E-state index contributed by atoms with van der Waals surface area (Å²) in [4.78, 5) is 25.1. The molecule has 6 heteroatoms. The number of nitrogens with one attached hydrogen (secondary N) is 1. The van der Waals surface area contributed by atoms with Crippen molar-refractivity contribution in [1.29, 1.82) is 0 Å². The zero-order valence-corrected chi connectivity index (χ0v) is 14.9. The number of esters is 2. The molecule has 0 amide bonds. The minimum Gasteiger partial charge on any atom is -0.463 e. The maximum Gasteiger partial charge on any atom is 0.336 e. The third kappa shape index (κ3) is 3.80. The third-order valence-corrected chi connectivity index (χ3v) is 4.53. The van der Waals surface area contributed by atoms with Gasteiger partial charge in [-0.3, -0.25) is 0 Å². The van der Waals surface area contributed by atoms with Gasteiger partial charge in [-0.25, -0.2) is 9.59 Å². The van der Waals surface area contributed by atoms with Crippen LogP contribution < -0.4 is 5.32 Å². The summed E-state index contributed by atoms with van der Waals surface area (Å²) in [6.07, 6.45) is 1.61. The molecule has 0 aliphatic carbocycles. The molecule has 2 aliphatic rings. The van der Waals surface area contributed by atoms with Gasteiger partial charge in [-0.05, 0) is 46.5 Å². The van der Waals surface area contributed by atoms with E-state index in [0.717, 1.165) is 24.2 Å². The Morgan fingerprint density at radius 3 is 1.88 bits per heavy atom. The normalized spacial score (nSPS) is 20.0. The molecule has 1 saturated heterocycles. The summed E-state index contributed by atoms with van der Waals surface area (Å²) >= 11 is 0.